The molecule has 0 atom stereocenters. The highest BCUT2D eigenvalue weighted by Gasteiger charge is 2.16. The third-order valence-electron chi connectivity index (χ3n) is 2.95. The lowest BCUT2D eigenvalue weighted by Gasteiger charge is -2.11. The minimum atomic E-state index is -0.595. The standard InChI is InChI=1S/C17H18O5/c1-2-8-21-17(20)13-9-14(18)16(15(19)10-13)22-11-12-6-4-3-5-7-12/h3-7,9-10,18-19H,2,8,11H2,1H3. The van der Waals surface area contributed by atoms with Gasteiger partial charge in [0.05, 0.1) is 12.2 Å². The number of esters is 1. The first kappa shape index (κ1) is 15.7. The molecule has 116 valence electrons. The molecule has 0 aliphatic carbocycles. The molecule has 0 radical (unpaired) electrons. The van der Waals surface area contributed by atoms with Crippen molar-refractivity contribution in [3.63, 3.8) is 0 Å². The summed E-state index contributed by atoms with van der Waals surface area (Å²) in [4.78, 5) is 11.7. The van der Waals surface area contributed by atoms with Crippen molar-refractivity contribution in [1.29, 1.82) is 0 Å². The largest absolute Gasteiger partial charge is 0.504 e. The van der Waals surface area contributed by atoms with Crippen molar-refractivity contribution in [3.8, 4) is 17.2 Å². The van der Waals surface area contributed by atoms with Gasteiger partial charge in [-0.2, -0.15) is 0 Å². The van der Waals surface area contributed by atoms with Crippen LogP contribution in [0.1, 0.15) is 29.3 Å². The summed E-state index contributed by atoms with van der Waals surface area (Å²) in [7, 11) is 0. The number of phenolic OH excluding ortho intramolecular Hbond substituents is 2. The molecule has 2 rings (SSSR count). The topological polar surface area (TPSA) is 76.0 Å². The van der Waals surface area contributed by atoms with E-state index in [2.05, 4.69) is 0 Å². The Morgan fingerprint density at radius 2 is 1.73 bits per heavy atom. The molecule has 2 N–H and O–H groups in total. The first-order valence-corrected chi connectivity index (χ1v) is 7.01. The van der Waals surface area contributed by atoms with Crippen LogP contribution in [0.15, 0.2) is 42.5 Å². The zero-order chi connectivity index (χ0) is 15.9. The molecule has 0 aromatic heterocycles. The molecule has 5 nitrogen and oxygen atoms in total. The third kappa shape index (κ3) is 3.91. The van der Waals surface area contributed by atoms with Gasteiger partial charge in [-0.25, -0.2) is 4.79 Å². The Balaban J connectivity index is 2.11. The minimum absolute atomic E-state index is 0.0594. The Morgan fingerprint density at radius 1 is 1.09 bits per heavy atom. The van der Waals surface area contributed by atoms with E-state index in [0.29, 0.717) is 6.42 Å². The number of carbonyl (C=O) groups is 1. The SMILES string of the molecule is CCCOC(=O)c1cc(O)c(OCc2ccccc2)c(O)c1. The fourth-order valence-electron chi connectivity index (χ4n) is 1.87. The van der Waals surface area contributed by atoms with Crippen LogP contribution in [0.3, 0.4) is 0 Å². The fraction of sp³-hybridized carbons (Fsp3) is 0.235. The lowest BCUT2D eigenvalue weighted by Crippen LogP contribution is -2.06. The molecule has 0 saturated heterocycles. The molecular weight excluding hydrogens is 284 g/mol. The average Bonchev–Trinajstić information content (AvgIpc) is 2.52. The van der Waals surface area contributed by atoms with Crippen molar-refractivity contribution >= 4 is 5.97 Å². The normalized spacial score (nSPS) is 10.2. The summed E-state index contributed by atoms with van der Waals surface area (Å²) in [6.45, 7) is 2.36. The molecule has 0 unspecified atom stereocenters. The molecule has 0 spiro atoms. The number of carbonyl (C=O) groups excluding carboxylic acids is 1. The quantitative estimate of drug-likeness (QED) is 0.801. The summed E-state index contributed by atoms with van der Waals surface area (Å²) in [6, 6.07) is 11.8. The van der Waals surface area contributed by atoms with Gasteiger partial charge in [-0.3, -0.25) is 0 Å². The lowest BCUT2D eigenvalue weighted by molar-refractivity contribution is 0.0504. The maximum atomic E-state index is 11.7. The van der Waals surface area contributed by atoms with Crippen molar-refractivity contribution in [1.82, 2.24) is 0 Å². The van der Waals surface area contributed by atoms with E-state index < -0.39 is 5.97 Å². The van der Waals surface area contributed by atoms with Crippen LogP contribution < -0.4 is 4.74 Å². The third-order valence-corrected chi connectivity index (χ3v) is 2.95. The molecule has 0 saturated carbocycles. The Hall–Kier alpha value is -2.69. The van der Waals surface area contributed by atoms with Gasteiger partial charge in [-0.05, 0) is 24.1 Å². The number of aromatic hydroxyl groups is 2. The van der Waals surface area contributed by atoms with Crippen molar-refractivity contribution in [3.05, 3.63) is 53.6 Å². The molecular formula is C17H18O5. The smallest absolute Gasteiger partial charge is 0.338 e. The van der Waals surface area contributed by atoms with E-state index in [1.54, 1.807) is 0 Å². The van der Waals surface area contributed by atoms with Gasteiger partial charge < -0.3 is 19.7 Å². The van der Waals surface area contributed by atoms with Gasteiger partial charge in [0.2, 0.25) is 5.75 Å². The summed E-state index contributed by atoms with van der Waals surface area (Å²) in [5.41, 5.74) is 0.975. The van der Waals surface area contributed by atoms with Crippen LogP contribution in [-0.4, -0.2) is 22.8 Å². The Labute approximate surface area is 128 Å². The molecule has 22 heavy (non-hydrogen) atoms. The van der Waals surface area contributed by atoms with Gasteiger partial charge in [-0.1, -0.05) is 37.3 Å². The van der Waals surface area contributed by atoms with Gasteiger partial charge in [0, 0.05) is 0 Å². The molecule has 0 aliphatic heterocycles. The van der Waals surface area contributed by atoms with Crippen molar-refractivity contribution in [2.24, 2.45) is 0 Å². The number of ether oxygens (including phenoxy) is 2. The Morgan fingerprint density at radius 3 is 2.32 bits per heavy atom. The number of hydrogen-bond acceptors (Lipinski definition) is 5. The number of benzene rings is 2. The van der Waals surface area contributed by atoms with Crippen LogP contribution in [0.25, 0.3) is 0 Å². The van der Waals surface area contributed by atoms with E-state index in [1.807, 2.05) is 37.3 Å². The first-order valence-electron chi connectivity index (χ1n) is 7.01. The maximum absolute atomic E-state index is 11.7. The van der Waals surface area contributed by atoms with Crippen LogP contribution in [-0.2, 0) is 11.3 Å². The van der Waals surface area contributed by atoms with E-state index in [4.69, 9.17) is 9.47 Å². The highest BCUT2D eigenvalue weighted by molar-refractivity contribution is 5.91. The molecule has 0 fully saturated rings. The summed E-state index contributed by atoms with van der Waals surface area (Å²) in [6.07, 6.45) is 0.696. The van der Waals surface area contributed by atoms with Crippen LogP contribution in [0.5, 0.6) is 17.2 Å². The summed E-state index contributed by atoms with van der Waals surface area (Å²) >= 11 is 0. The van der Waals surface area contributed by atoms with E-state index in [1.165, 1.54) is 12.1 Å². The van der Waals surface area contributed by atoms with Crippen molar-refractivity contribution in [2.75, 3.05) is 6.61 Å². The maximum Gasteiger partial charge on any atom is 0.338 e. The zero-order valence-corrected chi connectivity index (χ0v) is 12.3. The highest BCUT2D eigenvalue weighted by atomic mass is 16.5. The molecule has 5 heteroatoms. The van der Waals surface area contributed by atoms with Crippen molar-refractivity contribution < 1.29 is 24.5 Å². The average molecular weight is 302 g/mol. The second-order valence-corrected chi connectivity index (χ2v) is 4.75. The predicted octanol–water partition coefficient (Wildman–Crippen LogP) is 3.24. The van der Waals surface area contributed by atoms with E-state index in [0.717, 1.165) is 5.56 Å². The van der Waals surface area contributed by atoms with E-state index >= 15 is 0 Å². The summed E-state index contributed by atoms with van der Waals surface area (Å²) in [5, 5.41) is 19.9. The molecule has 2 aromatic carbocycles. The highest BCUT2D eigenvalue weighted by Crippen LogP contribution is 2.37. The fourth-order valence-corrected chi connectivity index (χ4v) is 1.87. The Bertz CT molecular complexity index is 614. The van der Waals surface area contributed by atoms with Crippen LogP contribution in [0.4, 0.5) is 0 Å². The van der Waals surface area contributed by atoms with E-state index in [9.17, 15) is 15.0 Å². The first-order chi connectivity index (χ1) is 10.6. The van der Waals surface area contributed by atoms with Gasteiger partial charge in [0.25, 0.3) is 0 Å². The molecule has 0 amide bonds. The van der Waals surface area contributed by atoms with Gasteiger partial charge in [0.1, 0.15) is 6.61 Å². The van der Waals surface area contributed by atoms with Crippen LogP contribution in [0, 0.1) is 0 Å². The molecule has 2 aromatic rings. The van der Waals surface area contributed by atoms with Gasteiger partial charge >= 0.3 is 5.97 Å². The zero-order valence-electron chi connectivity index (χ0n) is 12.3. The van der Waals surface area contributed by atoms with E-state index in [-0.39, 0.29) is 36.0 Å². The van der Waals surface area contributed by atoms with Gasteiger partial charge in [-0.15, -0.1) is 0 Å². The second kappa shape index (κ2) is 7.36. The second-order valence-electron chi connectivity index (χ2n) is 4.75. The molecule has 0 bridgehead atoms. The summed E-state index contributed by atoms with van der Waals surface area (Å²) in [5.74, 6) is -1.27. The van der Waals surface area contributed by atoms with Crippen LogP contribution >= 0.6 is 0 Å². The molecule has 0 heterocycles. The Kier molecular flexibility index (Phi) is 5.25. The number of hydrogen-bond donors (Lipinski definition) is 2. The number of phenols is 2. The monoisotopic (exact) mass is 302 g/mol. The predicted molar refractivity (Wildman–Crippen MR) is 81.1 cm³/mol. The molecule has 0 aliphatic rings. The lowest BCUT2D eigenvalue weighted by atomic mass is 10.2. The summed E-state index contributed by atoms with van der Waals surface area (Å²) < 4.78 is 10.4. The van der Waals surface area contributed by atoms with Crippen LogP contribution in [0.2, 0.25) is 0 Å². The number of rotatable bonds is 6. The van der Waals surface area contributed by atoms with Gasteiger partial charge in [0.15, 0.2) is 11.5 Å². The van der Waals surface area contributed by atoms with Crippen molar-refractivity contribution in [2.45, 2.75) is 20.0 Å². The minimum Gasteiger partial charge on any atom is -0.504 e.